The van der Waals surface area contributed by atoms with Gasteiger partial charge < -0.3 is 19.5 Å². The molecule has 0 saturated carbocycles. The summed E-state index contributed by atoms with van der Waals surface area (Å²) >= 11 is 0. The van der Waals surface area contributed by atoms with Gasteiger partial charge in [0.15, 0.2) is 0 Å². The third kappa shape index (κ3) is 4.40. The first-order chi connectivity index (χ1) is 16.5. The van der Waals surface area contributed by atoms with Gasteiger partial charge in [-0.25, -0.2) is 19.7 Å². The van der Waals surface area contributed by atoms with E-state index in [1.807, 2.05) is 44.2 Å². The maximum Gasteiger partial charge on any atom is 0.349 e. The van der Waals surface area contributed by atoms with Crippen molar-refractivity contribution in [2.45, 2.75) is 52.7 Å². The minimum atomic E-state index is -0.857. The summed E-state index contributed by atoms with van der Waals surface area (Å²) in [7, 11) is 1.66. The van der Waals surface area contributed by atoms with Crippen LogP contribution in [0.3, 0.4) is 0 Å². The fraction of sp³-hybridized carbons (Fsp3) is 0.385. The molecule has 0 bridgehead atoms. The summed E-state index contributed by atoms with van der Waals surface area (Å²) in [6, 6.07) is 9.19. The smallest absolute Gasteiger partial charge is 0.349 e. The zero-order chi connectivity index (χ0) is 24.2. The lowest BCUT2D eigenvalue weighted by Gasteiger charge is -2.22. The highest BCUT2D eigenvalue weighted by molar-refractivity contribution is 5.79. The molecule has 2 aromatic heterocycles. The van der Waals surface area contributed by atoms with Crippen molar-refractivity contribution in [1.29, 1.82) is 0 Å². The van der Waals surface area contributed by atoms with Crippen molar-refractivity contribution in [3.63, 3.8) is 0 Å². The van der Waals surface area contributed by atoms with Crippen molar-refractivity contribution in [2.24, 2.45) is 0 Å². The van der Waals surface area contributed by atoms with Crippen LogP contribution in [0.2, 0.25) is 0 Å². The van der Waals surface area contributed by atoms with E-state index in [1.165, 1.54) is 0 Å². The molecule has 0 unspecified atom stereocenters. The SMILES string of the molecule is CCOC(=O)[C@H]1Oc2ncccc2[C@H]1Nc1nc(CC)c(-c2ccc(OC)cc2C)nc1CC. The molecule has 1 aromatic carbocycles. The summed E-state index contributed by atoms with van der Waals surface area (Å²) in [6.07, 6.45) is 2.15. The number of nitrogens with one attached hydrogen (secondary N) is 1. The Hall–Kier alpha value is -3.68. The van der Waals surface area contributed by atoms with Crippen molar-refractivity contribution in [3.8, 4) is 22.9 Å². The summed E-state index contributed by atoms with van der Waals surface area (Å²) in [5.41, 5.74) is 5.41. The number of ether oxygens (including phenoxy) is 3. The van der Waals surface area contributed by atoms with Gasteiger partial charge in [0.05, 0.1) is 30.8 Å². The fourth-order valence-electron chi connectivity index (χ4n) is 4.16. The number of hydrogen-bond donors (Lipinski definition) is 1. The molecule has 3 heterocycles. The second kappa shape index (κ2) is 10.1. The number of esters is 1. The first-order valence-corrected chi connectivity index (χ1v) is 11.6. The number of benzene rings is 1. The van der Waals surface area contributed by atoms with E-state index in [-0.39, 0.29) is 6.61 Å². The number of hydrogen-bond acceptors (Lipinski definition) is 8. The van der Waals surface area contributed by atoms with Crippen LogP contribution in [0.25, 0.3) is 11.3 Å². The quantitative estimate of drug-likeness (QED) is 0.491. The average molecular weight is 463 g/mol. The van der Waals surface area contributed by atoms with Crippen molar-refractivity contribution in [1.82, 2.24) is 15.0 Å². The van der Waals surface area contributed by atoms with Crippen molar-refractivity contribution >= 4 is 11.8 Å². The molecule has 0 spiro atoms. The molecular formula is C26H30N4O4. The molecule has 0 amide bonds. The van der Waals surface area contributed by atoms with Gasteiger partial charge in [0.2, 0.25) is 12.0 Å². The number of aromatic nitrogens is 3. The molecule has 2 atom stereocenters. The van der Waals surface area contributed by atoms with Crippen molar-refractivity contribution in [3.05, 3.63) is 59.0 Å². The molecule has 178 valence electrons. The minimum absolute atomic E-state index is 0.269. The van der Waals surface area contributed by atoms with Gasteiger partial charge in [-0.1, -0.05) is 13.8 Å². The Bertz CT molecular complexity index is 1200. The fourth-order valence-corrected chi connectivity index (χ4v) is 4.16. The third-order valence-corrected chi connectivity index (χ3v) is 5.89. The van der Waals surface area contributed by atoms with Crippen LogP contribution in [-0.2, 0) is 22.4 Å². The number of pyridine rings is 1. The minimum Gasteiger partial charge on any atom is -0.497 e. The predicted molar refractivity (Wildman–Crippen MR) is 129 cm³/mol. The molecule has 0 aliphatic carbocycles. The predicted octanol–water partition coefficient (Wildman–Crippen LogP) is 4.46. The molecule has 8 heteroatoms. The molecule has 4 rings (SSSR count). The topological polar surface area (TPSA) is 95.5 Å². The lowest BCUT2D eigenvalue weighted by molar-refractivity contribution is -0.151. The molecule has 1 aliphatic rings. The first-order valence-electron chi connectivity index (χ1n) is 11.6. The average Bonchev–Trinajstić information content (AvgIpc) is 3.22. The summed E-state index contributed by atoms with van der Waals surface area (Å²) in [5, 5.41) is 3.43. The molecule has 1 N–H and O–H groups in total. The molecular weight excluding hydrogens is 432 g/mol. The van der Waals surface area contributed by atoms with Gasteiger partial charge in [-0.05, 0) is 62.6 Å². The van der Waals surface area contributed by atoms with Crippen LogP contribution in [-0.4, -0.2) is 40.7 Å². The number of rotatable bonds is 8. The van der Waals surface area contributed by atoms with E-state index in [2.05, 4.69) is 17.2 Å². The number of fused-ring (bicyclic) bond motifs is 1. The van der Waals surface area contributed by atoms with Crippen molar-refractivity contribution < 1.29 is 19.0 Å². The first kappa shape index (κ1) is 23.5. The maximum atomic E-state index is 12.7. The van der Waals surface area contributed by atoms with Crippen LogP contribution in [0.15, 0.2) is 36.5 Å². The van der Waals surface area contributed by atoms with Gasteiger partial charge in [0.25, 0.3) is 0 Å². The molecule has 3 aromatic rings. The van der Waals surface area contributed by atoms with E-state index in [0.717, 1.165) is 39.5 Å². The Kier molecular flexibility index (Phi) is 6.95. The molecule has 0 radical (unpaired) electrons. The number of anilines is 1. The summed E-state index contributed by atoms with van der Waals surface area (Å²) in [5.74, 6) is 1.42. The number of nitrogens with zero attached hydrogens (tertiary/aromatic N) is 3. The van der Waals surface area contributed by atoms with E-state index in [4.69, 9.17) is 24.2 Å². The Morgan fingerprint density at radius 3 is 2.59 bits per heavy atom. The summed E-state index contributed by atoms with van der Waals surface area (Å²) in [4.78, 5) is 26.9. The van der Waals surface area contributed by atoms with Gasteiger partial charge in [0, 0.05) is 17.3 Å². The zero-order valence-corrected chi connectivity index (χ0v) is 20.2. The highest BCUT2D eigenvalue weighted by Crippen LogP contribution is 2.38. The Balaban J connectivity index is 1.75. The van der Waals surface area contributed by atoms with E-state index in [0.29, 0.717) is 24.5 Å². The van der Waals surface area contributed by atoms with E-state index in [9.17, 15) is 4.79 Å². The number of carbonyl (C=O) groups excluding carboxylic acids is 1. The number of aryl methyl sites for hydroxylation is 3. The highest BCUT2D eigenvalue weighted by atomic mass is 16.6. The molecule has 1 aliphatic heterocycles. The maximum absolute atomic E-state index is 12.7. The standard InChI is InChI=1S/C26H30N4O4/c1-6-19-21(17-12-11-16(32-5)14-15(17)4)28-20(7-2)24(29-19)30-22-18-10-9-13-27-25(18)34-23(22)26(31)33-8-3/h9-14,22-23H,6-8H2,1-5H3,(H,29,30)/t22-,23+/m1/s1. The van der Waals surface area contributed by atoms with Gasteiger partial charge in [-0.15, -0.1) is 0 Å². The third-order valence-electron chi connectivity index (χ3n) is 5.89. The molecule has 0 fully saturated rings. The second-order valence-electron chi connectivity index (χ2n) is 8.01. The Morgan fingerprint density at radius 2 is 1.91 bits per heavy atom. The van der Waals surface area contributed by atoms with Crippen LogP contribution < -0.4 is 14.8 Å². The van der Waals surface area contributed by atoms with E-state index in [1.54, 1.807) is 20.2 Å². The Morgan fingerprint density at radius 1 is 1.12 bits per heavy atom. The van der Waals surface area contributed by atoms with Gasteiger partial charge in [-0.3, -0.25) is 0 Å². The monoisotopic (exact) mass is 462 g/mol. The van der Waals surface area contributed by atoms with Crippen LogP contribution in [0.5, 0.6) is 11.6 Å². The van der Waals surface area contributed by atoms with Gasteiger partial charge >= 0.3 is 5.97 Å². The van der Waals surface area contributed by atoms with Crippen LogP contribution >= 0.6 is 0 Å². The van der Waals surface area contributed by atoms with Crippen LogP contribution in [0, 0.1) is 6.92 Å². The normalized spacial score (nSPS) is 16.5. The summed E-state index contributed by atoms with van der Waals surface area (Å²) < 4.78 is 16.5. The molecule has 8 nitrogen and oxygen atoms in total. The highest BCUT2D eigenvalue weighted by Gasteiger charge is 2.42. The second-order valence-corrected chi connectivity index (χ2v) is 8.01. The summed E-state index contributed by atoms with van der Waals surface area (Å²) in [6.45, 7) is 8.18. The number of methoxy groups -OCH3 is 1. The molecule has 0 saturated heterocycles. The largest absolute Gasteiger partial charge is 0.497 e. The lowest BCUT2D eigenvalue weighted by Crippen LogP contribution is -2.35. The number of carbonyl (C=O) groups is 1. The van der Waals surface area contributed by atoms with Crippen molar-refractivity contribution in [2.75, 3.05) is 19.0 Å². The van der Waals surface area contributed by atoms with E-state index < -0.39 is 18.1 Å². The zero-order valence-electron chi connectivity index (χ0n) is 20.2. The van der Waals surface area contributed by atoms with Gasteiger partial charge in [0.1, 0.15) is 17.6 Å². The van der Waals surface area contributed by atoms with Gasteiger partial charge in [-0.2, -0.15) is 0 Å². The Labute approximate surface area is 199 Å². The molecule has 34 heavy (non-hydrogen) atoms. The lowest BCUT2D eigenvalue weighted by atomic mass is 10.0. The van der Waals surface area contributed by atoms with Crippen LogP contribution in [0.1, 0.15) is 49.3 Å². The van der Waals surface area contributed by atoms with E-state index >= 15 is 0 Å². The van der Waals surface area contributed by atoms with Crippen LogP contribution in [0.4, 0.5) is 5.82 Å².